The summed E-state index contributed by atoms with van der Waals surface area (Å²) < 4.78 is 5.59. The van der Waals surface area contributed by atoms with Gasteiger partial charge in [-0.1, -0.05) is 12.2 Å². The minimum Gasteiger partial charge on any atom is -0.491 e. The Kier molecular flexibility index (Phi) is 5.14. The monoisotopic (exact) mass is 239 g/mol. The van der Waals surface area contributed by atoms with E-state index in [0.717, 1.165) is 18.5 Å². The molecule has 0 atom stereocenters. The molecule has 0 unspecified atom stereocenters. The van der Waals surface area contributed by atoms with Gasteiger partial charge in [-0.25, -0.2) is 0 Å². The van der Waals surface area contributed by atoms with Crippen LogP contribution in [0.15, 0.2) is 18.5 Å². The third-order valence-corrected chi connectivity index (χ3v) is 2.28. The topological polar surface area (TPSA) is 51.4 Å². The Balaban J connectivity index is 2.50. The molecule has 2 N–H and O–H groups in total. The molecule has 1 rings (SSSR count). The smallest absolute Gasteiger partial charge is 0.147 e. The van der Waals surface area contributed by atoms with E-state index in [1.54, 1.807) is 18.5 Å². The van der Waals surface area contributed by atoms with Crippen molar-refractivity contribution in [2.45, 2.75) is 6.42 Å². The van der Waals surface area contributed by atoms with Crippen LogP contribution in [0.3, 0.4) is 0 Å². The van der Waals surface area contributed by atoms with E-state index in [4.69, 9.17) is 22.7 Å². The molecule has 88 valence electrons. The minimum atomic E-state index is 0.338. The lowest BCUT2D eigenvalue weighted by Crippen LogP contribution is -2.17. The molecule has 0 aliphatic rings. The van der Waals surface area contributed by atoms with Crippen molar-refractivity contribution in [1.29, 1.82) is 0 Å². The molecule has 0 spiro atoms. The summed E-state index contributed by atoms with van der Waals surface area (Å²) in [6.07, 6.45) is 4.25. The largest absolute Gasteiger partial charge is 0.491 e. The second-order valence-corrected chi connectivity index (χ2v) is 4.18. The van der Waals surface area contributed by atoms with Crippen molar-refractivity contribution in [3.05, 3.63) is 24.0 Å². The lowest BCUT2D eigenvalue weighted by atomic mass is 10.2. The first-order valence-electron chi connectivity index (χ1n) is 5.12. The van der Waals surface area contributed by atoms with Crippen LogP contribution in [0.1, 0.15) is 12.0 Å². The molecule has 0 aromatic carbocycles. The van der Waals surface area contributed by atoms with E-state index in [1.807, 2.05) is 14.1 Å². The molecule has 1 heterocycles. The maximum absolute atomic E-state index is 5.59. The highest BCUT2D eigenvalue weighted by molar-refractivity contribution is 7.80. The first-order chi connectivity index (χ1) is 7.61. The Hall–Kier alpha value is -1.20. The van der Waals surface area contributed by atoms with Gasteiger partial charge in [0.15, 0.2) is 0 Å². The molecule has 0 aliphatic heterocycles. The SMILES string of the molecule is CN(C)CCCOc1cnccc1C(N)=S. The van der Waals surface area contributed by atoms with Crippen LogP contribution in [0.2, 0.25) is 0 Å². The number of rotatable bonds is 6. The molecule has 16 heavy (non-hydrogen) atoms. The third kappa shape index (κ3) is 4.12. The average molecular weight is 239 g/mol. The van der Waals surface area contributed by atoms with Crippen molar-refractivity contribution >= 4 is 17.2 Å². The molecule has 0 aliphatic carbocycles. The zero-order valence-corrected chi connectivity index (χ0v) is 10.5. The fourth-order valence-electron chi connectivity index (χ4n) is 1.26. The van der Waals surface area contributed by atoms with E-state index in [9.17, 15) is 0 Å². The number of nitrogens with two attached hydrogens (primary N) is 1. The van der Waals surface area contributed by atoms with Gasteiger partial charge in [0.05, 0.1) is 18.4 Å². The fourth-order valence-corrected chi connectivity index (χ4v) is 1.43. The Bertz CT molecular complexity index is 355. The van der Waals surface area contributed by atoms with E-state index < -0.39 is 0 Å². The van der Waals surface area contributed by atoms with E-state index in [-0.39, 0.29) is 0 Å². The highest BCUT2D eigenvalue weighted by Crippen LogP contribution is 2.16. The van der Waals surface area contributed by atoms with Crippen LogP contribution in [-0.4, -0.2) is 42.1 Å². The molecule has 0 fully saturated rings. The number of ether oxygens (including phenoxy) is 1. The fraction of sp³-hybridized carbons (Fsp3) is 0.455. The highest BCUT2D eigenvalue weighted by Gasteiger charge is 2.05. The van der Waals surface area contributed by atoms with E-state index >= 15 is 0 Å². The normalized spacial score (nSPS) is 10.4. The van der Waals surface area contributed by atoms with Crippen LogP contribution in [0.5, 0.6) is 5.75 Å². The van der Waals surface area contributed by atoms with Crippen molar-refractivity contribution in [3.63, 3.8) is 0 Å². The Morgan fingerprint density at radius 2 is 2.31 bits per heavy atom. The molecule has 0 saturated carbocycles. The van der Waals surface area contributed by atoms with E-state index in [2.05, 4.69) is 9.88 Å². The van der Waals surface area contributed by atoms with Gasteiger partial charge in [-0.05, 0) is 26.6 Å². The predicted molar refractivity (Wildman–Crippen MR) is 68.8 cm³/mol. The average Bonchev–Trinajstić information content (AvgIpc) is 2.24. The predicted octanol–water partition coefficient (Wildman–Crippen LogP) is 1.05. The van der Waals surface area contributed by atoms with Crippen LogP contribution in [0.25, 0.3) is 0 Å². The van der Waals surface area contributed by atoms with Crippen molar-refractivity contribution in [2.75, 3.05) is 27.2 Å². The first kappa shape index (κ1) is 12.9. The number of nitrogens with zero attached hydrogens (tertiary/aromatic N) is 2. The summed E-state index contributed by atoms with van der Waals surface area (Å²) >= 11 is 4.93. The van der Waals surface area contributed by atoms with Crippen LogP contribution < -0.4 is 10.5 Å². The van der Waals surface area contributed by atoms with E-state index in [0.29, 0.717) is 17.3 Å². The maximum Gasteiger partial charge on any atom is 0.147 e. The quantitative estimate of drug-likeness (QED) is 0.594. The summed E-state index contributed by atoms with van der Waals surface area (Å²) in [6, 6.07) is 1.77. The Labute approximate surface area is 101 Å². The standard InChI is InChI=1S/C11H17N3OS/c1-14(2)6-3-7-15-10-8-13-5-4-9(10)11(12)16/h4-5,8H,3,6-7H2,1-2H3,(H2,12,16). The molecule has 0 radical (unpaired) electrons. The van der Waals surface area contributed by atoms with Crippen molar-refractivity contribution in [1.82, 2.24) is 9.88 Å². The second kappa shape index (κ2) is 6.40. The minimum absolute atomic E-state index is 0.338. The summed E-state index contributed by atoms with van der Waals surface area (Å²) in [4.78, 5) is 6.44. The zero-order chi connectivity index (χ0) is 12.0. The van der Waals surface area contributed by atoms with Crippen LogP contribution in [0.4, 0.5) is 0 Å². The summed E-state index contributed by atoms with van der Waals surface area (Å²) in [5.41, 5.74) is 6.33. The van der Waals surface area contributed by atoms with Gasteiger partial charge in [-0.15, -0.1) is 0 Å². The lowest BCUT2D eigenvalue weighted by Gasteiger charge is -2.12. The van der Waals surface area contributed by atoms with Gasteiger partial charge in [-0.3, -0.25) is 4.98 Å². The van der Waals surface area contributed by atoms with Crippen molar-refractivity contribution in [3.8, 4) is 5.75 Å². The molecule has 0 saturated heterocycles. The number of pyridine rings is 1. The summed E-state index contributed by atoms with van der Waals surface area (Å²) in [6.45, 7) is 1.63. The molecule has 4 nitrogen and oxygen atoms in total. The number of thiocarbonyl (C=S) groups is 1. The highest BCUT2D eigenvalue weighted by atomic mass is 32.1. The zero-order valence-electron chi connectivity index (χ0n) is 9.64. The molecule has 0 bridgehead atoms. The van der Waals surface area contributed by atoms with Crippen LogP contribution in [-0.2, 0) is 0 Å². The number of hydrogen-bond acceptors (Lipinski definition) is 4. The van der Waals surface area contributed by atoms with Gasteiger partial charge >= 0.3 is 0 Å². The third-order valence-electron chi connectivity index (χ3n) is 2.06. The molecular weight excluding hydrogens is 222 g/mol. The summed E-state index contributed by atoms with van der Waals surface area (Å²) in [5.74, 6) is 0.661. The molecule has 1 aromatic heterocycles. The lowest BCUT2D eigenvalue weighted by molar-refractivity contribution is 0.280. The van der Waals surface area contributed by atoms with Crippen LogP contribution in [0, 0.1) is 0 Å². The molecular formula is C11H17N3OS. The number of hydrogen-bond donors (Lipinski definition) is 1. The van der Waals surface area contributed by atoms with Gasteiger partial charge < -0.3 is 15.4 Å². The molecule has 0 amide bonds. The van der Waals surface area contributed by atoms with Gasteiger partial charge in [0.1, 0.15) is 10.7 Å². The Morgan fingerprint density at radius 1 is 1.56 bits per heavy atom. The van der Waals surface area contributed by atoms with Crippen LogP contribution >= 0.6 is 12.2 Å². The van der Waals surface area contributed by atoms with Gasteiger partial charge in [0.25, 0.3) is 0 Å². The molecule has 1 aromatic rings. The summed E-state index contributed by atoms with van der Waals surface area (Å²) in [5, 5.41) is 0. The molecule has 5 heteroatoms. The second-order valence-electron chi connectivity index (χ2n) is 3.74. The maximum atomic E-state index is 5.59. The van der Waals surface area contributed by atoms with Gasteiger partial charge in [0, 0.05) is 12.7 Å². The van der Waals surface area contributed by atoms with E-state index in [1.165, 1.54) is 0 Å². The first-order valence-corrected chi connectivity index (χ1v) is 5.53. The summed E-state index contributed by atoms with van der Waals surface area (Å²) in [7, 11) is 4.06. The van der Waals surface area contributed by atoms with Gasteiger partial charge in [0.2, 0.25) is 0 Å². The van der Waals surface area contributed by atoms with Crippen molar-refractivity contribution in [2.24, 2.45) is 5.73 Å². The Morgan fingerprint density at radius 3 is 2.94 bits per heavy atom. The van der Waals surface area contributed by atoms with Crippen molar-refractivity contribution < 1.29 is 4.74 Å². The number of aromatic nitrogens is 1. The van der Waals surface area contributed by atoms with Gasteiger partial charge in [-0.2, -0.15) is 0 Å².